The molecule has 1 aliphatic carbocycles. The number of rotatable bonds is 9. The van der Waals surface area contributed by atoms with Gasteiger partial charge in [-0.3, -0.25) is 14.6 Å². The molecule has 194 valence electrons. The zero-order chi connectivity index (χ0) is 26.9. The second kappa shape index (κ2) is 10.1. The average Bonchev–Trinajstić information content (AvgIpc) is 3.75. The molecule has 1 heterocycles. The van der Waals surface area contributed by atoms with Gasteiger partial charge in [0.05, 0.1) is 19.7 Å². The SMILES string of the molecule is COc1cc2nccc(Oc3ccc(CC(=O)C4(C(=O)N(C)c5ccc(F)cc5)CC4)cc3)c2cc1OC. The topological polar surface area (TPSA) is 78.0 Å². The molecule has 0 radical (unpaired) electrons. The van der Waals surface area contributed by atoms with Gasteiger partial charge < -0.3 is 19.1 Å². The molecule has 1 amide bonds. The first-order valence-corrected chi connectivity index (χ1v) is 12.2. The molecule has 7 nitrogen and oxygen atoms in total. The van der Waals surface area contributed by atoms with E-state index >= 15 is 0 Å². The number of Topliss-reactive ketones (excluding diaryl/α,β-unsaturated/α-hetero) is 1. The van der Waals surface area contributed by atoms with Crippen molar-refractivity contribution in [2.75, 3.05) is 26.2 Å². The van der Waals surface area contributed by atoms with Crippen molar-refractivity contribution in [3.05, 3.63) is 84.3 Å². The third kappa shape index (κ3) is 4.77. The summed E-state index contributed by atoms with van der Waals surface area (Å²) in [5.74, 6) is 1.59. The van der Waals surface area contributed by atoms with Crippen LogP contribution in [0.25, 0.3) is 10.9 Å². The number of pyridine rings is 1. The van der Waals surface area contributed by atoms with Crippen molar-refractivity contribution in [1.29, 1.82) is 0 Å². The number of aromatic nitrogens is 1. The van der Waals surface area contributed by atoms with Crippen molar-refractivity contribution in [3.8, 4) is 23.0 Å². The van der Waals surface area contributed by atoms with Gasteiger partial charge >= 0.3 is 0 Å². The molecule has 8 heteroatoms. The molecule has 0 atom stereocenters. The number of anilines is 1. The number of amides is 1. The predicted octanol–water partition coefficient (Wildman–Crippen LogP) is 5.74. The van der Waals surface area contributed by atoms with Crippen LogP contribution in [0.15, 0.2) is 72.9 Å². The van der Waals surface area contributed by atoms with Gasteiger partial charge in [-0.2, -0.15) is 0 Å². The van der Waals surface area contributed by atoms with E-state index in [1.165, 1.54) is 29.2 Å². The van der Waals surface area contributed by atoms with Crippen LogP contribution >= 0.6 is 0 Å². The molecule has 3 aromatic carbocycles. The van der Waals surface area contributed by atoms with E-state index < -0.39 is 5.41 Å². The van der Waals surface area contributed by atoms with Crippen LogP contribution in [-0.4, -0.2) is 37.9 Å². The van der Waals surface area contributed by atoms with E-state index in [2.05, 4.69) is 4.98 Å². The molecule has 0 N–H and O–H groups in total. The number of methoxy groups -OCH3 is 2. The molecule has 0 aliphatic heterocycles. The molecule has 0 bridgehead atoms. The van der Waals surface area contributed by atoms with Gasteiger partial charge in [-0.05, 0) is 66.9 Å². The van der Waals surface area contributed by atoms with E-state index in [1.54, 1.807) is 51.7 Å². The fourth-order valence-corrected chi connectivity index (χ4v) is 4.53. The minimum atomic E-state index is -1.02. The van der Waals surface area contributed by atoms with Crippen molar-refractivity contribution in [1.82, 2.24) is 4.98 Å². The Balaban J connectivity index is 1.29. The van der Waals surface area contributed by atoms with Crippen molar-refractivity contribution in [2.45, 2.75) is 19.3 Å². The van der Waals surface area contributed by atoms with E-state index in [0.29, 0.717) is 47.0 Å². The zero-order valence-electron chi connectivity index (χ0n) is 21.4. The Hall–Kier alpha value is -4.46. The summed E-state index contributed by atoms with van der Waals surface area (Å²) in [5.41, 5.74) is 1.02. The van der Waals surface area contributed by atoms with Crippen LogP contribution in [0.4, 0.5) is 10.1 Å². The molecule has 1 aromatic heterocycles. The lowest BCUT2D eigenvalue weighted by molar-refractivity contribution is -0.133. The number of carbonyl (C=O) groups excluding carboxylic acids is 2. The Kier molecular flexibility index (Phi) is 6.72. The molecule has 0 spiro atoms. The number of fused-ring (bicyclic) bond motifs is 1. The normalized spacial score (nSPS) is 13.6. The summed E-state index contributed by atoms with van der Waals surface area (Å²) < 4.78 is 30.2. The Morgan fingerprint density at radius 2 is 1.58 bits per heavy atom. The van der Waals surface area contributed by atoms with Gasteiger partial charge in [0.25, 0.3) is 0 Å². The fraction of sp³-hybridized carbons (Fsp3) is 0.233. The summed E-state index contributed by atoms with van der Waals surface area (Å²) in [5, 5.41) is 0.767. The lowest BCUT2D eigenvalue weighted by Crippen LogP contribution is -2.39. The van der Waals surface area contributed by atoms with Gasteiger partial charge in [0.1, 0.15) is 22.7 Å². The van der Waals surface area contributed by atoms with Crippen LogP contribution in [0.3, 0.4) is 0 Å². The van der Waals surface area contributed by atoms with Crippen LogP contribution in [-0.2, 0) is 16.0 Å². The lowest BCUT2D eigenvalue weighted by Gasteiger charge is -2.23. The number of ether oxygens (including phenoxy) is 3. The molecule has 0 saturated heterocycles. The van der Waals surface area contributed by atoms with Crippen molar-refractivity contribution in [2.24, 2.45) is 5.41 Å². The number of hydrogen-bond donors (Lipinski definition) is 0. The summed E-state index contributed by atoms with van der Waals surface area (Å²) in [6, 6.07) is 18.3. The standard InChI is InChI=1S/C30H27FN2O5/c1-33(21-8-6-20(31)7-9-21)29(35)30(13-14-30)28(34)16-19-4-10-22(11-5-19)38-25-12-15-32-24-18-27(37-3)26(36-2)17-23(24)25/h4-12,15,17-18H,13-14,16H2,1-3H3. The highest BCUT2D eigenvalue weighted by Crippen LogP contribution is 2.49. The number of carbonyl (C=O) groups is 2. The maximum atomic E-state index is 13.3. The second-order valence-corrected chi connectivity index (χ2v) is 9.30. The van der Waals surface area contributed by atoms with Gasteiger partial charge in [-0.25, -0.2) is 4.39 Å². The Bertz CT molecular complexity index is 1500. The Labute approximate surface area is 219 Å². The highest BCUT2D eigenvalue weighted by Gasteiger charge is 2.56. The second-order valence-electron chi connectivity index (χ2n) is 9.30. The van der Waals surface area contributed by atoms with E-state index in [1.807, 2.05) is 18.2 Å². The quantitative estimate of drug-likeness (QED) is 0.265. The van der Waals surface area contributed by atoms with Crippen LogP contribution in [0, 0.1) is 11.2 Å². The first-order chi connectivity index (χ1) is 18.3. The summed E-state index contributed by atoms with van der Waals surface area (Å²) >= 11 is 0. The molecule has 5 rings (SSSR count). The monoisotopic (exact) mass is 514 g/mol. The van der Waals surface area contributed by atoms with E-state index in [-0.39, 0.29) is 23.9 Å². The fourth-order valence-electron chi connectivity index (χ4n) is 4.53. The largest absolute Gasteiger partial charge is 0.493 e. The lowest BCUT2D eigenvalue weighted by atomic mass is 9.93. The van der Waals surface area contributed by atoms with Crippen molar-refractivity contribution < 1.29 is 28.2 Å². The summed E-state index contributed by atoms with van der Waals surface area (Å²) in [4.78, 5) is 32.2. The van der Waals surface area contributed by atoms with Crippen LogP contribution < -0.4 is 19.1 Å². The molecule has 1 saturated carbocycles. The molecule has 38 heavy (non-hydrogen) atoms. The van der Waals surface area contributed by atoms with Crippen molar-refractivity contribution >= 4 is 28.3 Å². The maximum Gasteiger partial charge on any atom is 0.240 e. The van der Waals surface area contributed by atoms with Gasteiger partial charge in [-0.15, -0.1) is 0 Å². The van der Waals surface area contributed by atoms with Crippen molar-refractivity contribution in [3.63, 3.8) is 0 Å². The number of nitrogens with zero attached hydrogens (tertiary/aromatic N) is 2. The smallest absolute Gasteiger partial charge is 0.240 e. The summed E-state index contributed by atoms with van der Waals surface area (Å²) in [6.45, 7) is 0. The summed E-state index contributed by atoms with van der Waals surface area (Å²) in [7, 11) is 4.76. The number of hydrogen-bond acceptors (Lipinski definition) is 6. The first-order valence-electron chi connectivity index (χ1n) is 12.2. The molecular weight excluding hydrogens is 487 g/mol. The predicted molar refractivity (Wildman–Crippen MR) is 142 cm³/mol. The van der Waals surface area contributed by atoms with Gasteiger partial charge in [0, 0.05) is 36.8 Å². The van der Waals surface area contributed by atoms with Gasteiger partial charge in [0.15, 0.2) is 17.3 Å². The van der Waals surface area contributed by atoms with E-state index in [9.17, 15) is 14.0 Å². The molecule has 4 aromatic rings. The number of ketones is 1. The van der Waals surface area contributed by atoms with Crippen LogP contribution in [0.2, 0.25) is 0 Å². The number of halogens is 1. The third-order valence-electron chi connectivity index (χ3n) is 6.93. The first kappa shape index (κ1) is 25.2. The average molecular weight is 515 g/mol. The van der Waals surface area contributed by atoms with Crippen LogP contribution in [0.5, 0.6) is 23.0 Å². The zero-order valence-corrected chi connectivity index (χ0v) is 21.4. The third-order valence-corrected chi connectivity index (χ3v) is 6.93. The molecule has 0 unspecified atom stereocenters. The molecule has 1 fully saturated rings. The van der Waals surface area contributed by atoms with E-state index in [4.69, 9.17) is 14.2 Å². The maximum absolute atomic E-state index is 13.3. The molecular formula is C30H27FN2O5. The minimum Gasteiger partial charge on any atom is -0.493 e. The highest BCUT2D eigenvalue weighted by atomic mass is 19.1. The Morgan fingerprint density at radius 1 is 0.921 bits per heavy atom. The van der Waals surface area contributed by atoms with Gasteiger partial charge in [0.2, 0.25) is 5.91 Å². The highest BCUT2D eigenvalue weighted by molar-refractivity contribution is 6.15. The molecule has 1 aliphatic rings. The number of benzene rings is 3. The minimum absolute atomic E-state index is 0.119. The Morgan fingerprint density at radius 3 is 2.21 bits per heavy atom. The van der Waals surface area contributed by atoms with Gasteiger partial charge in [-0.1, -0.05) is 12.1 Å². The summed E-state index contributed by atoms with van der Waals surface area (Å²) in [6.07, 6.45) is 2.83. The van der Waals surface area contributed by atoms with E-state index in [0.717, 1.165) is 10.9 Å². The van der Waals surface area contributed by atoms with Crippen LogP contribution in [0.1, 0.15) is 18.4 Å².